The van der Waals surface area contributed by atoms with Gasteiger partial charge in [-0.15, -0.1) is 0 Å². The Hall–Kier alpha value is -0.850. The second kappa shape index (κ2) is 5.29. The minimum Gasteiger partial charge on any atom is -0.481 e. The maximum Gasteiger partial charge on any atom is 0.307 e. The van der Waals surface area contributed by atoms with Crippen LogP contribution in [0.5, 0.6) is 0 Å². The molecule has 0 atom stereocenters. The fourth-order valence-electron chi connectivity index (χ4n) is 1.52. The Labute approximate surface area is 101 Å². The molecule has 0 aromatic rings. The zero-order chi connectivity index (χ0) is 11.4. The molecule has 0 saturated heterocycles. The van der Waals surface area contributed by atoms with E-state index in [0.717, 1.165) is 16.4 Å². The molecule has 0 heterocycles. The minimum absolute atomic E-state index is 0.0859. The minimum atomic E-state index is -0.921. The van der Waals surface area contributed by atoms with Crippen molar-refractivity contribution in [3.63, 3.8) is 0 Å². The molecule has 82 valence electrons. The summed E-state index contributed by atoms with van der Waals surface area (Å²) in [6.45, 7) is 0. The average Bonchev–Trinajstić information content (AvgIpc) is 2.09. The van der Waals surface area contributed by atoms with Crippen molar-refractivity contribution in [1.82, 2.24) is 0 Å². The highest BCUT2D eigenvalue weighted by atomic mass is 127. The van der Waals surface area contributed by atoms with Gasteiger partial charge in [0.2, 0.25) is 0 Å². The van der Waals surface area contributed by atoms with Crippen molar-refractivity contribution < 1.29 is 19.8 Å². The molecule has 1 aliphatic rings. The number of allylic oxidation sites excluding steroid dienone is 2. The second-order valence-corrected chi connectivity index (χ2v) is 4.59. The van der Waals surface area contributed by atoms with E-state index < -0.39 is 11.9 Å². The number of carboxylic acid groups (broad SMARTS) is 2. The van der Waals surface area contributed by atoms with Crippen LogP contribution in [-0.2, 0) is 9.59 Å². The summed E-state index contributed by atoms with van der Waals surface area (Å²) in [5.74, 6) is -1.84. The summed E-state index contributed by atoms with van der Waals surface area (Å²) < 4.78 is 0.966. The van der Waals surface area contributed by atoms with Gasteiger partial charge in [-0.25, -0.2) is 0 Å². The molecule has 1 aliphatic carbocycles. The molecule has 0 aliphatic heterocycles. The molecule has 0 unspecified atom stereocenters. The summed E-state index contributed by atoms with van der Waals surface area (Å²) in [4.78, 5) is 21.2. The highest BCUT2D eigenvalue weighted by molar-refractivity contribution is 14.1. The van der Waals surface area contributed by atoms with Crippen molar-refractivity contribution in [1.29, 1.82) is 0 Å². The van der Waals surface area contributed by atoms with E-state index in [0.29, 0.717) is 11.1 Å². The standard InChI is InChI=1S/C10H11IO4/c11-8-3-1-2-6(4-9(12)13)7(8)5-10(14)15/h2H,1,3-5H2,(H,12,13)(H,14,15). The summed E-state index contributed by atoms with van der Waals surface area (Å²) in [7, 11) is 0. The van der Waals surface area contributed by atoms with E-state index in [1.807, 2.05) is 6.08 Å². The van der Waals surface area contributed by atoms with Crippen molar-refractivity contribution in [2.24, 2.45) is 0 Å². The first-order valence-electron chi connectivity index (χ1n) is 4.51. The number of carboxylic acids is 2. The summed E-state index contributed by atoms with van der Waals surface area (Å²) in [5.41, 5.74) is 1.33. The maximum atomic E-state index is 10.6. The first kappa shape index (κ1) is 12.2. The van der Waals surface area contributed by atoms with Crippen LogP contribution in [-0.4, -0.2) is 22.2 Å². The summed E-state index contributed by atoms with van der Waals surface area (Å²) in [5, 5.41) is 17.4. The van der Waals surface area contributed by atoms with Crippen LogP contribution >= 0.6 is 22.6 Å². The molecule has 1 rings (SSSR count). The fourth-order valence-corrected chi connectivity index (χ4v) is 2.37. The monoisotopic (exact) mass is 322 g/mol. The lowest BCUT2D eigenvalue weighted by Gasteiger charge is -2.16. The molecule has 15 heavy (non-hydrogen) atoms. The Kier molecular flexibility index (Phi) is 4.31. The molecule has 0 amide bonds. The van der Waals surface area contributed by atoms with Crippen molar-refractivity contribution >= 4 is 34.5 Å². The largest absolute Gasteiger partial charge is 0.481 e. The van der Waals surface area contributed by atoms with Gasteiger partial charge in [0.1, 0.15) is 0 Å². The Morgan fingerprint density at radius 3 is 2.40 bits per heavy atom. The third-order valence-electron chi connectivity index (χ3n) is 2.14. The highest BCUT2D eigenvalue weighted by Crippen LogP contribution is 2.33. The number of carbonyl (C=O) groups is 2. The lowest BCUT2D eigenvalue weighted by atomic mass is 9.93. The van der Waals surface area contributed by atoms with Gasteiger partial charge in [0.05, 0.1) is 12.8 Å². The van der Waals surface area contributed by atoms with Crippen LogP contribution < -0.4 is 0 Å². The van der Waals surface area contributed by atoms with Gasteiger partial charge in [-0.2, -0.15) is 0 Å². The van der Waals surface area contributed by atoms with Crippen LogP contribution in [0.15, 0.2) is 20.8 Å². The first-order chi connectivity index (χ1) is 7.00. The molecule has 0 spiro atoms. The fraction of sp³-hybridized carbons (Fsp3) is 0.400. The van der Waals surface area contributed by atoms with E-state index in [-0.39, 0.29) is 12.8 Å². The second-order valence-electron chi connectivity index (χ2n) is 3.29. The van der Waals surface area contributed by atoms with Gasteiger partial charge in [-0.3, -0.25) is 9.59 Å². The average molecular weight is 322 g/mol. The molecule has 0 fully saturated rings. The van der Waals surface area contributed by atoms with E-state index in [2.05, 4.69) is 22.6 Å². The molecule has 5 heteroatoms. The third kappa shape index (κ3) is 3.65. The van der Waals surface area contributed by atoms with E-state index >= 15 is 0 Å². The van der Waals surface area contributed by atoms with E-state index in [4.69, 9.17) is 10.2 Å². The predicted octanol–water partition coefficient (Wildman–Crippen LogP) is 2.35. The van der Waals surface area contributed by atoms with Gasteiger partial charge < -0.3 is 10.2 Å². The van der Waals surface area contributed by atoms with Gasteiger partial charge in [0.15, 0.2) is 0 Å². The Balaban J connectivity index is 2.88. The van der Waals surface area contributed by atoms with Crippen LogP contribution in [0, 0.1) is 0 Å². The van der Waals surface area contributed by atoms with Crippen molar-refractivity contribution in [3.05, 3.63) is 20.8 Å². The van der Waals surface area contributed by atoms with Gasteiger partial charge in [0.25, 0.3) is 0 Å². The number of rotatable bonds is 4. The zero-order valence-electron chi connectivity index (χ0n) is 7.99. The third-order valence-corrected chi connectivity index (χ3v) is 3.33. The predicted molar refractivity (Wildman–Crippen MR) is 62.9 cm³/mol. The highest BCUT2D eigenvalue weighted by Gasteiger charge is 2.18. The SMILES string of the molecule is O=C(O)CC1=CCCC(I)=C1CC(=O)O. The van der Waals surface area contributed by atoms with Gasteiger partial charge in [-0.05, 0) is 50.2 Å². The smallest absolute Gasteiger partial charge is 0.307 e. The van der Waals surface area contributed by atoms with Gasteiger partial charge in [0, 0.05) is 0 Å². The van der Waals surface area contributed by atoms with Crippen LogP contribution in [0.2, 0.25) is 0 Å². The van der Waals surface area contributed by atoms with Crippen molar-refractivity contribution in [2.75, 3.05) is 0 Å². The van der Waals surface area contributed by atoms with Crippen LogP contribution in [0.25, 0.3) is 0 Å². The number of aliphatic carboxylic acids is 2. The first-order valence-corrected chi connectivity index (χ1v) is 5.59. The quantitative estimate of drug-likeness (QED) is 0.779. The molecule has 0 saturated carbocycles. The topological polar surface area (TPSA) is 74.6 Å². The van der Waals surface area contributed by atoms with Crippen LogP contribution in [0.4, 0.5) is 0 Å². The van der Waals surface area contributed by atoms with Gasteiger partial charge in [-0.1, -0.05) is 6.08 Å². The van der Waals surface area contributed by atoms with E-state index in [1.165, 1.54) is 0 Å². The van der Waals surface area contributed by atoms with Gasteiger partial charge >= 0.3 is 11.9 Å². The Bertz CT molecular complexity index is 354. The van der Waals surface area contributed by atoms with Crippen molar-refractivity contribution in [2.45, 2.75) is 25.7 Å². The van der Waals surface area contributed by atoms with Crippen molar-refractivity contribution in [3.8, 4) is 0 Å². The summed E-state index contributed by atoms with van der Waals surface area (Å²) in [6.07, 6.45) is 3.26. The number of halogens is 1. The molecular formula is C10H11IO4. The lowest BCUT2D eigenvalue weighted by molar-refractivity contribution is -0.137. The summed E-state index contributed by atoms with van der Waals surface area (Å²) >= 11 is 2.10. The molecule has 0 aromatic carbocycles. The molecule has 0 aromatic heterocycles. The molecule has 0 radical (unpaired) electrons. The molecule has 0 bridgehead atoms. The summed E-state index contributed by atoms with van der Waals surface area (Å²) in [6, 6.07) is 0. The van der Waals surface area contributed by atoms with E-state index in [9.17, 15) is 9.59 Å². The number of hydrogen-bond donors (Lipinski definition) is 2. The Morgan fingerprint density at radius 1 is 1.27 bits per heavy atom. The molecule has 2 N–H and O–H groups in total. The van der Waals surface area contributed by atoms with Crippen LogP contribution in [0.1, 0.15) is 25.7 Å². The maximum absolute atomic E-state index is 10.6. The molecular weight excluding hydrogens is 311 g/mol. The number of hydrogen-bond acceptors (Lipinski definition) is 2. The normalized spacial score (nSPS) is 16.2. The lowest BCUT2D eigenvalue weighted by Crippen LogP contribution is -2.08. The van der Waals surface area contributed by atoms with E-state index in [1.54, 1.807) is 0 Å². The Morgan fingerprint density at radius 2 is 1.87 bits per heavy atom. The molecule has 4 nitrogen and oxygen atoms in total. The zero-order valence-corrected chi connectivity index (χ0v) is 10.2. The van der Waals surface area contributed by atoms with Crippen LogP contribution in [0.3, 0.4) is 0 Å².